The molecule has 0 aromatic heterocycles. The van der Waals surface area contributed by atoms with Crippen molar-refractivity contribution < 1.29 is 24.2 Å². The Morgan fingerprint density at radius 2 is 1.65 bits per heavy atom. The van der Waals surface area contributed by atoms with Crippen molar-refractivity contribution in [3.63, 3.8) is 0 Å². The Morgan fingerprint density at radius 3 is 2.21 bits per heavy atom. The summed E-state index contributed by atoms with van der Waals surface area (Å²) in [5, 5.41) is 20.4. The van der Waals surface area contributed by atoms with Crippen LogP contribution in [0.4, 0.5) is 5.69 Å². The molecular formula is C27H22N2O5. The van der Waals surface area contributed by atoms with Gasteiger partial charge in [0.1, 0.15) is 17.3 Å². The molecule has 1 N–H and O–H groups in total. The second kappa shape index (κ2) is 9.12. The highest BCUT2D eigenvalue weighted by atomic mass is 16.5. The minimum absolute atomic E-state index is 0.0240. The topological polar surface area (TPSA) is 99.9 Å². The highest BCUT2D eigenvalue weighted by molar-refractivity contribution is 6.51. The minimum atomic E-state index is -0.874. The summed E-state index contributed by atoms with van der Waals surface area (Å²) >= 11 is 0. The number of hydrogen-bond donors (Lipinski definition) is 1. The first kappa shape index (κ1) is 22.6. The molecule has 3 aromatic rings. The summed E-state index contributed by atoms with van der Waals surface area (Å²) in [6, 6.07) is 19.5. The molecule has 1 heterocycles. The predicted octanol–water partition coefficient (Wildman–Crippen LogP) is 4.51. The van der Waals surface area contributed by atoms with Crippen LogP contribution < -0.4 is 14.4 Å². The summed E-state index contributed by atoms with van der Waals surface area (Å²) in [6.45, 7) is 1.83. The maximum atomic E-state index is 13.2. The number of carbonyl (C=O) groups excluding carboxylic acids is 2. The van der Waals surface area contributed by atoms with Gasteiger partial charge >= 0.3 is 0 Å². The van der Waals surface area contributed by atoms with Gasteiger partial charge in [0.2, 0.25) is 0 Å². The van der Waals surface area contributed by atoms with Crippen LogP contribution >= 0.6 is 0 Å². The number of aryl methyl sites for hydroxylation is 1. The number of nitriles is 1. The number of hydrogen-bond acceptors (Lipinski definition) is 6. The minimum Gasteiger partial charge on any atom is -0.507 e. The number of ketones is 1. The predicted molar refractivity (Wildman–Crippen MR) is 127 cm³/mol. The lowest BCUT2D eigenvalue weighted by atomic mass is 9.94. The first-order chi connectivity index (χ1) is 16.4. The SMILES string of the molecule is COc1ccc(C2/C(=C(/O)c3ccc(OC)c(C)c3)C(=O)C(=O)N2c2ccc(C#N)cc2)cc1. The highest BCUT2D eigenvalue weighted by Gasteiger charge is 2.47. The van der Waals surface area contributed by atoms with Gasteiger partial charge in [-0.1, -0.05) is 12.1 Å². The number of methoxy groups -OCH3 is 2. The van der Waals surface area contributed by atoms with Crippen LogP contribution in [0, 0.1) is 18.3 Å². The van der Waals surface area contributed by atoms with Crippen LogP contribution in [0.3, 0.4) is 0 Å². The monoisotopic (exact) mass is 454 g/mol. The number of aliphatic hydroxyl groups is 1. The van der Waals surface area contributed by atoms with E-state index in [1.807, 2.05) is 13.0 Å². The van der Waals surface area contributed by atoms with Crippen LogP contribution in [-0.4, -0.2) is 31.0 Å². The summed E-state index contributed by atoms with van der Waals surface area (Å²) in [5.41, 5.74) is 2.63. The normalized spacial score (nSPS) is 16.9. The average molecular weight is 454 g/mol. The van der Waals surface area contributed by atoms with E-state index in [1.54, 1.807) is 80.9 Å². The quantitative estimate of drug-likeness (QED) is 0.346. The smallest absolute Gasteiger partial charge is 0.300 e. The molecule has 7 heteroatoms. The Kier molecular flexibility index (Phi) is 6.07. The molecule has 0 bridgehead atoms. The van der Waals surface area contributed by atoms with Crippen molar-refractivity contribution in [2.45, 2.75) is 13.0 Å². The van der Waals surface area contributed by atoms with Crippen molar-refractivity contribution in [3.05, 3.63) is 94.6 Å². The number of anilines is 1. The van der Waals surface area contributed by atoms with Gasteiger partial charge in [-0.05, 0) is 72.6 Å². The molecule has 1 unspecified atom stereocenters. The molecule has 4 rings (SSSR count). The first-order valence-electron chi connectivity index (χ1n) is 10.5. The molecular weight excluding hydrogens is 432 g/mol. The second-order valence-electron chi connectivity index (χ2n) is 7.79. The molecule has 7 nitrogen and oxygen atoms in total. The number of benzene rings is 3. The van der Waals surface area contributed by atoms with Gasteiger partial charge in [-0.3, -0.25) is 14.5 Å². The number of amides is 1. The summed E-state index contributed by atoms with van der Waals surface area (Å²) in [4.78, 5) is 27.8. The van der Waals surface area contributed by atoms with Crippen molar-refractivity contribution in [2.75, 3.05) is 19.1 Å². The molecule has 0 spiro atoms. The van der Waals surface area contributed by atoms with E-state index in [-0.39, 0.29) is 11.3 Å². The third-order valence-electron chi connectivity index (χ3n) is 5.82. The molecule has 170 valence electrons. The van der Waals surface area contributed by atoms with E-state index in [2.05, 4.69) is 0 Å². The number of rotatable bonds is 5. The Hall–Kier alpha value is -4.57. The number of carbonyl (C=O) groups is 2. The first-order valence-corrected chi connectivity index (χ1v) is 10.5. The maximum absolute atomic E-state index is 13.2. The number of ether oxygens (including phenoxy) is 2. The Bertz CT molecular complexity index is 1330. The van der Waals surface area contributed by atoms with Crippen molar-refractivity contribution in [1.29, 1.82) is 5.26 Å². The van der Waals surface area contributed by atoms with E-state index >= 15 is 0 Å². The summed E-state index contributed by atoms with van der Waals surface area (Å²) in [5.74, 6) is -0.583. The summed E-state index contributed by atoms with van der Waals surface area (Å²) in [7, 11) is 3.10. The van der Waals surface area contributed by atoms with Crippen LogP contribution in [0.25, 0.3) is 5.76 Å². The van der Waals surface area contributed by atoms with E-state index in [1.165, 1.54) is 4.90 Å². The van der Waals surface area contributed by atoms with E-state index in [0.717, 1.165) is 5.56 Å². The lowest BCUT2D eigenvalue weighted by Gasteiger charge is -2.25. The Balaban J connectivity index is 1.92. The molecule has 34 heavy (non-hydrogen) atoms. The largest absolute Gasteiger partial charge is 0.507 e. The fraction of sp³-hybridized carbons (Fsp3) is 0.148. The van der Waals surface area contributed by atoms with Crippen molar-refractivity contribution in [2.24, 2.45) is 0 Å². The molecule has 0 radical (unpaired) electrons. The number of Topliss-reactive ketones (excluding diaryl/α,β-unsaturated/α-hetero) is 1. The molecule has 1 aliphatic heterocycles. The van der Waals surface area contributed by atoms with Crippen molar-refractivity contribution in [1.82, 2.24) is 0 Å². The van der Waals surface area contributed by atoms with Gasteiger partial charge in [-0.25, -0.2) is 0 Å². The van der Waals surface area contributed by atoms with Gasteiger partial charge < -0.3 is 14.6 Å². The van der Waals surface area contributed by atoms with Gasteiger partial charge in [0.15, 0.2) is 0 Å². The van der Waals surface area contributed by atoms with Crippen LogP contribution in [0.5, 0.6) is 11.5 Å². The third kappa shape index (κ3) is 3.86. The molecule has 1 saturated heterocycles. The van der Waals surface area contributed by atoms with E-state index in [0.29, 0.717) is 33.9 Å². The van der Waals surface area contributed by atoms with Crippen LogP contribution in [-0.2, 0) is 9.59 Å². The fourth-order valence-corrected chi connectivity index (χ4v) is 4.08. The zero-order chi connectivity index (χ0) is 24.4. The molecule has 1 aliphatic rings. The van der Waals surface area contributed by atoms with Gasteiger partial charge in [0, 0.05) is 11.3 Å². The molecule has 1 atom stereocenters. The van der Waals surface area contributed by atoms with Crippen molar-refractivity contribution in [3.8, 4) is 17.6 Å². The van der Waals surface area contributed by atoms with E-state index in [9.17, 15) is 14.7 Å². The molecule has 0 saturated carbocycles. The molecule has 3 aromatic carbocycles. The van der Waals surface area contributed by atoms with Crippen LogP contribution in [0.1, 0.15) is 28.3 Å². The van der Waals surface area contributed by atoms with Gasteiger partial charge in [0.25, 0.3) is 11.7 Å². The standard InChI is InChI=1S/C27H22N2O5/c1-16-14-19(8-13-22(16)34-3)25(30)23-24(18-6-11-21(33-2)12-7-18)29(27(32)26(23)31)20-9-4-17(15-28)5-10-20/h4-14,24,30H,1-3H3/b25-23-. The zero-order valence-electron chi connectivity index (χ0n) is 18.9. The van der Waals surface area contributed by atoms with E-state index < -0.39 is 17.7 Å². The molecule has 1 fully saturated rings. The van der Waals surface area contributed by atoms with Crippen molar-refractivity contribution >= 4 is 23.1 Å². The number of aliphatic hydroxyl groups excluding tert-OH is 1. The average Bonchev–Trinajstić information content (AvgIpc) is 3.13. The van der Waals surface area contributed by atoms with Crippen LogP contribution in [0.2, 0.25) is 0 Å². The second-order valence-corrected chi connectivity index (χ2v) is 7.79. The maximum Gasteiger partial charge on any atom is 0.300 e. The summed E-state index contributed by atoms with van der Waals surface area (Å²) in [6.07, 6.45) is 0. The van der Waals surface area contributed by atoms with Crippen LogP contribution in [0.15, 0.2) is 72.3 Å². The van der Waals surface area contributed by atoms with E-state index in [4.69, 9.17) is 14.7 Å². The van der Waals surface area contributed by atoms with Gasteiger partial charge in [0.05, 0.1) is 37.5 Å². The Labute approximate surface area is 197 Å². The van der Waals surface area contributed by atoms with Gasteiger partial charge in [-0.15, -0.1) is 0 Å². The molecule has 0 aliphatic carbocycles. The van der Waals surface area contributed by atoms with Gasteiger partial charge in [-0.2, -0.15) is 5.26 Å². The third-order valence-corrected chi connectivity index (χ3v) is 5.82. The Morgan fingerprint density at radius 1 is 0.971 bits per heavy atom. The number of nitrogens with zero attached hydrogens (tertiary/aromatic N) is 2. The lowest BCUT2D eigenvalue weighted by molar-refractivity contribution is -0.132. The fourth-order valence-electron chi connectivity index (χ4n) is 4.08. The highest BCUT2D eigenvalue weighted by Crippen LogP contribution is 2.42. The zero-order valence-corrected chi connectivity index (χ0v) is 18.9. The summed E-state index contributed by atoms with van der Waals surface area (Å²) < 4.78 is 10.5. The molecule has 1 amide bonds. The lowest BCUT2D eigenvalue weighted by Crippen LogP contribution is -2.29.